The number of ether oxygens (including phenoxy) is 3. The molecule has 3 aromatic rings. The van der Waals surface area contributed by atoms with Crippen molar-refractivity contribution in [3.05, 3.63) is 89.5 Å². The zero-order valence-corrected chi connectivity index (χ0v) is 20.2. The molecule has 0 spiro atoms. The zero-order valence-electron chi connectivity index (χ0n) is 20.2. The molecule has 3 aromatic carbocycles. The Labute approximate surface area is 208 Å². The third kappa shape index (κ3) is 5.47. The van der Waals surface area contributed by atoms with Crippen LogP contribution in [0, 0.1) is 23.3 Å². The number of hydrogen-bond donors (Lipinski definition) is 0. The van der Waals surface area contributed by atoms with E-state index in [-0.39, 0.29) is 48.6 Å². The average Bonchev–Trinajstić information content (AvgIpc) is 2.90. The third-order valence-corrected chi connectivity index (χ3v) is 6.18. The molecule has 0 radical (unpaired) electrons. The molecule has 1 aliphatic rings. The molecule has 36 heavy (non-hydrogen) atoms. The Morgan fingerprint density at radius 3 is 1.97 bits per heavy atom. The minimum Gasteiger partial charge on any atom is -0.491 e. The van der Waals surface area contributed by atoms with Crippen LogP contribution in [0.25, 0.3) is 22.3 Å². The predicted molar refractivity (Wildman–Crippen MR) is 131 cm³/mol. The Bertz CT molecular complexity index is 1220. The van der Waals surface area contributed by atoms with Crippen LogP contribution in [0.2, 0.25) is 0 Å². The fourth-order valence-electron chi connectivity index (χ4n) is 4.24. The lowest BCUT2D eigenvalue weighted by Gasteiger charge is -2.30. The highest BCUT2D eigenvalue weighted by Gasteiger charge is 2.27. The average molecular weight is 501 g/mol. The molecule has 4 rings (SSSR count). The normalized spacial score (nSPS) is 18.1. The third-order valence-electron chi connectivity index (χ3n) is 6.18. The van der Waals surface area contributed by atoms with E-state index in [9.17, 15) is 8.78 Å². The van der Waals surface area contributed by atoms with Crippen molar-refractivity contribution in [2.75, 3.05) is 19.8 Å². The zero-order chi connectivity index (χ0) is 25.7. The minimum absolute atomic E-state index is 0.0471. The Morgan fingerprint density at radius 2 is 1.39 bits per heavy atom. The smallest absolute Gasteiger partial charge is 0.201 e. The van der Waals surface area contributed by atoms with E-state index in [0.717, 1.165) is 6.42 Å². The van der Waals surface area contributed by atoms with E-state index < -0.39 is 29.2 Å². The summed E-state index contributed by atoms with van der Waals surface area (Å²) in [6, 6.07) is 12.0. The van der Waals surface area contributed by atoms with E-state index in [1.54, 1.807) is 25.1 Å². The summed E-state index contributed by atoms with van der Waals surface area (Å²) in [5, 5.41) is 0. The Hall–Kier alpha value is -3.16. The lowest BCUT2D eigenvalue weighted by Crippen LogP contribution is -2.31. The number of allylic oxidation sites excluding steroid dienone is 2. The Morgan fingerprint density at radius 1 is 0.806 bits per heavy atom. The lowest BCUT2D eigenvalue weighted by molar-refractivity contribution is -0.189. The van der Waals surface area contributed by atoms with Gasteiger partial charge in [0.1, 0.15) is 0 Å². The minimum atomic E-state index is -1.07. The van der Waals surface area contributed by atoms with E-state index in [2.05, 4.69) is 0 Å². The van der Waals surface area contributed by atoms with E-state index in [4.69, 9.17) is 14.2 Å². The lowest BCUT2D eigenvalue weighted by atomic mass is 9.94. The molecule has 0 bridgehead atoms. The quantitative estimate of drug-likeness (QED) is 0.233. The van der Waals surface area contributed by atoms with Crippen molar-refractivity contribution in [3.63, 3.8) is 0 Å². The summed E-state index contributed by atoms with van der Waals surface area (Å²) < 4.78 is 75.3. The summed E-state index contributed by atoms with van der Waals surface area (Å²) >= 11 is 0. The van der Waals surface area contributed by atoms with Gasteiger partial charge in [0.2, 0.25) is 5.82 Å². The van der Waals surface area contributed by atoms with Crippen molar-refractivity contribution in [1.82, 2.24) is 0 Å². The van der Waals surface area contributed by atoms with Crippen molar-refractivity contribution >= 4 is 0 Å². The molecule has 1 saturated heterocycles. The van der Waals surface area contributed by atoms with E-state index >= 15 is 8.78 Å². The first-order valence-corrected chi connectivity index (χ1v) is 12.0. The largest absolute Gasteiger partial charge is 0.491 e. The van der Waals surface area contributed by atoms with Crippen LogP contribution in [-0.4, -0.2) is 26.1 Å². The Kier molecular flexibility index (Phi) is 8.44. The SMILES string of the molecule is C/C=C/CCC1OCC(c2ccc(-c3ccc(-c4ccc(OCC)c(F)c4F)cc3)c(F)c2F)CO1. The predicted octanol–water partition coefficient (Wildman–Crippen LogP) is 7.79. The first-order chi connectivity index (χ1) is 17.4. The topological polar surface area (TPSA) is 27.7 Å². The monoisotopic (exact) mass is 500 g/mol. The van der Waals surface area contributed by atoms with Crippen LogP contribution in [0.1, 0.15) is 38.2 Å². The molecule has 1 heterocycles. The Balaban J connectivity index is 1.50. The van der Waals surface area contributed by atoms with E-state index in [1.165, 1.54) is 30.3 Å². The van der Waals surface area contributed by atoms with Gasteiger partial charge >= 0.3 is 0 Å². The van der Waals surface area contributed by atoms with Gasteiger partial charge in [0, 0.05) is 23.5 Å². The van der Waals surface area contributed by atoms with Crippen LogP contribution in [0.15, 0.2) is 60.7 Å². The summed E-state index contributed by atoms with van der Waals surface area (Å²) in [6.45, 7) is 4.32. The summed E-state index contributed by atoms with van der Waals surface area (Å²) in [5.41, 5.74) is 1.13. The number of hydrogen-bond acceptors (Lipinski definition) is 3. The number of halogens is 4. The number of rotatable bonds is 8. The van der Waals surface area contributed by atoms with Crippen LogP contribution < -0.4 is 4.74 Å². The molecule has 0 aliphatic carbocycles. The van der Waals surface area contributed by atoms with E-state index in [0.29, 0.717) is 17.5 Å². The molecule has 0 amide bonds. The van der Waals surface area contributed by atoms with Gasteiger partial charge < -0.3 is 14.2 Å². The number of benzene rings is 3. The molecular weight excluding hydrogens is 472 g/mol. The highest BCUT2D eigenvalue weighted by atomic mass is 19.2. The fraction of sp³-hybridized carbons (Fsp3) is 0.310. The van der Waals surface area contributed by atoms with Crippen LogP contribution in [0.3, 0.4) is 0 Å². The van der Waals surface area contributed by atoms with Crippen molar-refractivity contribution < 1.29 is 31.8 Å². The molecule has 0 unspecified atom stereocenters. The standard InChI is InChI=1S/C29H28F4O3/c1-3-5-6-7-25-35-16-20(17-36-25)23-13-12-21(26(30)27(23)31)18-8-10-19(11-9-18)22-14-15-24(34-4-2)29(33)28(22)32/h3,5,8-15,20,25H,4,6-7,16-17H2,1-2H3/b5-3+. The van der Waals surface area contributed by atoms with Gasteiger partial charge in [-0.3, -0.25) is 0 Å². The maximum Gasteiger partial charge on any atom is 0.201 e. The van der Waals surface area contributed by atoms with Crippen molar-refractivity contribution in [2.24, 2.45) is 0 Å². The van der Waals surface area contributed by atoms with Gasteiger partial charge in [-0.15, -0.1) is 0 Å². The van der Waals surface area contributed by atoms with Gasteiger partial charge in [-0.2, -0.15) is 4.39 Å². The van der Waals surface area contributed by atoms with Gasteiger partial charge in [0.05, 0.1) is 19.8 Å². The first-order valence-electron chi connectivity index (χ1n) is 12.0. The van der Waals surface area contributed by atoms with Crippen LogP contribution in [0.4, 0.5) is 17.6 Å². The van der Waals surface area contributed by atoms with Crippen molar-refractivity contribution in [3.8, 4) is 28.0 Å². The fourth-order valence-corrected chi connectivity index (χ4v) is 4.24. The van der Waals surface area contributed by atoms with Gasteiger partial charge in [0.15, 0.2) is 29.5 Å². The molecule has 1 aliphatic heterocycles. The molecular formula is C29H28F4O3. The second-order valence-corrected chi connectivity index (χ2v) is 8.52. The van der Waals surface area contributed by atoms with Gasteiger partial charge in [-0.1, -0.05) is 48.6 Å². The van der Waals surface area contributed by atoms with Crippen LogP contribution in [0.5, 0.6) is 5.75 Å². The highest BCUT2D eigenvalue weighted by molar-refractivity contribution is 5.71. The molecule has 1 fully saturated rings. The molecule has 7 heteroatoms. The van der Waals surface area contributed by atoms with Gasteiger partial charge in [0.25, 0.3) is 0 Å². The molecule has 0 atom stereocenters. The maximum atomic E-state index is 15.1. The maximum absolute atomic E-state index is 15.1. The molecule has 3 nitrogen and oxygen atoms in total. The first kappa shape index (κ1) is 25.9. The molecule has 0 aromatic heterocycles. The second kappa shape index (κ2) is 11.7. The summed E-state index contributed by atoms with van der Waals surface area (Å²) in [5.74, 6) is -4.59. The molecule has 0 saturated carbocycles. The van der Waals surface area contributed by atoms with Gasteiger partial charge in [-0.25, -0.2) is 13.2 Å². The van der Waals surface area contributed by atoms with Gasteiger partial charge in [-0.05, 0) is 49.1 Å². The summed E-state index contributed by atoms with van der Waals surface area (Å²) in [6.07, 6.45) is 5.15. The highest BCUT2D eigenvalue weighted by Crippen LogP contribution is 2.34. The van der Waals surface area contributed by atoms with Crippen LogP contribution >= 0.6 is 0 Å². The van der Waals surface area contributed by atoms with Crippen molar-refractivity contribution in [1.29, 1.82) is 0 Å². The molecule has 0 N–H and O–H groups in total. The summed E-state index contributed by atoms with van der Waals surface area (Å²) in [4.78, 5) is 0. The van der Waals surface area contributed by atoms with E-state index in [1.807, 2.05) is 19.1 Å². The second-order valence-electron chi connectivity index (χ2n) is 8.52. The van der Waals surface area contributed by atoms with Crippen LogP contribution in [-0.2, 0) is 9.47 Å². The summed E-state index contributed by atoms with van der Waals surface area (Å²) in [7, 11) is 0. The van der Waals surface area contributed by atoms with Crippen molar-refractivity contribution in [2.45, 2.75) is 38.9 Å². The molecule has 190 valence electrons.